The average Bonchev–Trinajstić information content (AvgIpc) is 2.51. The lowest BCUT2D eigenvalue weighted by Gasteiger charge is -2.38. The van der Waals surface area contributed by atoms with Crippen molar-refractivity contribution in [1.29, 1.82) is 0 Å². The molecular weight excluding hydrogens is 306 g/mol. The number of benzene rings is 1. The first-order valence-electron chi connectivity index (χ1n) is 8.43. The van der Waals surface area contributed by atoms with Gasteiger partial charge in [0, 0.05) is 39.6 Å². The second kappa shape index (κ2) is 8.26. The Balaban J connectivity index is 1.89. The molecule has 1 aromatic carbocycles. The highest BCUT2D eigenvalue weighted by atomic mass is 16.3. The zero-order valence-electron chi connectivity index (χ0n) is 14.5. The van der Waals surface area contributed by atoms with Gasteiger partial charge in [0.25, 0.3) is 5.91 Å². The standard InChI is InChI=1S/C18H27N3O3/c1-14-5-3-6-16(11-14)12-21-10-4-7-18(24,17(21)23)13-19-8-9-20-15(2)22/h3,5-6,11,19,24H,4,7-10,12-13H2,1-2H3,(H,20,22)/t18-/m0/s1. The van der Waals surface area contributed by atoms with E-state index < -0.39 is 5.60 Å². The normalized spacial score (nSPS) is 21.0. The molecule has 132 valence electrons. The van der Waals surface area contributed by atoms with Crippen molar-refractivity contribution in [3.63, 3.8) is 0 Å². The summed E-state index contributed by atoms with van der Waals surface area (Å²) < 4.78 is 0. The van der Waals surface area contributed by atoms with Crippen molar-refractivity contribution in [3.05, 3.63) is 35.4 Å². The Morgan fingerprint density at radius 3 is 2.88 bits per heavy atom. The second-order valence-electron chi connectivity index (χ2n) is 6.51. The molecule has 24 heavy (non-hydrogen) atoms. The van der Waals surface area contributed by atoms with Crippen LogP contribution in [0.5, 0.6) is 0 Å². The predicted octanol–water partition coefficient (Wildman–Crippen LogP) is 0.574. The minimum atomic E-state index is -1.36. The molecule has 6 nitrogen and oxygen atoms in total. The van der Waals surface area contributed by atoms with Crippen molar-refractivity contribution in [2.75, 3.05) is 26.2 Å². The van der Waals surface area contributed by atoms with Gasteiger partial charge in [0.05, 0.1) is 0 Å². The van der Waals surface area contributed by atoms with E-state index in [0.717, 1.165) is 17.5 Å². The van der Waals surface area contributed by atoms with E-state index >= 15 is 0 Å². The van der Waals surface area contributed by atoms with Crippen LogP contribution >= 0.6 is 0 Å². The fourth-order valence-electron chi connectivity index (χ4n) is 3.03. The fraction of sp³-hybridized carbons (Fsp3) is 0.556. The van der Waals surface area contributed by atoms with Crippen LogP contribution in [0.1, 0.15) is 30.9 Å². The van der Waals surface area contributed by atoms with E-state index in [9.17, 15) is 14.7 Å². The number of nitrogens with one attached hydrogen (secondary N) is 2. The lowest BCUT2D eigenvalue weighted by molar-refractivity contribution is -0.157. The molecule has 0 aliphatic carbocycles. The highest BCUT2D eigenvalue weighted by Crippen LogP contribution is 2.23. The third kappa shape index (κ3) is 5.04. The number of carbonyl (C=O) groups excluding carboxylic acids is 2. The third-order valence-electron chi connectivity index (χ3n) is 4.25. The molecule has 1 aliphatic rings. The van der Waals surface area contributed by atoms with Crippen molar-refractivity contribution in [3.8, 4) is 0 Å². The summed E-state index contributed by atoms with van der Waals surface area (Å²) in [6.45, 7) is 5.88. The largest absolute Gasteiger partial charge is 0.379 e. The molecule has 1 atom stereocenters. The van der Waals surface area contributed by atoms with Crippen LogP contribution in [0.3, 0.4) is 0 Å². The summed E-state index contributed by atoms with van der Waals surface area (Å²) in [5, 5.41) is 16.4. The van der Waals surface area contributed by atoms with Gasteiger partial charge in [-0.15, -0.1) is 0 Å². The number of amides is 2. The highest BCUT2D eigenvalue weighted by Gasteiger charge is 2.41. The number of nitrogens with zero attached hydrogens (tertiary/aromatic N) is 1. The van der Waals surface area contributed by atoms with Crippen LogP contribution < -0.4 is 10.6 Å². The van der Waals surface area contributed by atoms with Crippen LogP contribution in [0.25, 0.3) is 0 Å². The van der Waals surface area contributed by atoms with Crippen molar-refractivity contribution in [2.24, 2.45) is 0 Å². The minimum Gasteiger partial charge on any atom is -0.379 e. The first kappa shape index (κ1) is 18.4. The molecule has 1 aromatic rings. The van der Waals surface area contributed by atoms with Gasteiger partial charge in [-0.1, -0.05) is 29.8 Å². The Bertz CT molecular complexity index is 591. The number of aliphatic hydroxyl groups is 1. The van der Waals surface area contributed by atoms with Crippen molar-refractivity contribution in [2.45, 2.75) is 38.8 Å². The van der Waals surface area contributed by atoms with Gasteiger partial charge in [-0.05, 0) is 25.3 Å². The number of likely N-dealkylation sites (tertiary alicyclic amines) is 1. The number of piperidine rings is 1. The summed E-state index contributed by atoms with van der Waals surface area (Å²) in [7, 11) is 0. The summed E-state index contributed by atoms with van der Waals surface area (Å²) in [5.74, 6) is -0.309. The van der Waals surface area contributed by atoms with E-state index in [-0.39, 0.29) is 18.4 Å². The number of hydrogen-bond donors (Lipinski definition) is 3. The fourth-order valence-corrected chi connectivity index (χ4v) is 3.03. The molecule has 3 N–H and O–H groups in total. The molecule has 1 saturated heterocycles. The molecule has 0 radical (unpaired) electrons. The molecule has 2 rings (SSSR count). The molecule has 1 fully saturated rings. The first-order valence-corrected chi connectivity index (χ1v) is 8.43. The van der Waals surface area contributed by atoms with E-state index in [1.807, 2.05) is 25.1 Å². The number of aryl methyl sites for hydroxylation is 1. The Labute approximate surface area is 143 Å². The van der Waals surface area contributed by atoms with E-state index in [0.29, 0.717) is 32.6 Å². The Morgan fingerprint density at radius 1 is 1.38 bits per heavy atom. The number of carbonyl (C=O) groups is 2. The number of hydrogen-bond acceptors (Lipinski definition) is 4. The van der Waals surface area contributed by atoms with Crippen molar-refractivity contribution < 1.29 is 14.7 Å². The van der Waals surface area contributed by atoms with E-state index in [4.69, 9.17) is 0 Å². The quantitative estimate of drug-likeness (QED) is 0.638. The zero-order chi connectivity index (χ0) is 17.6. The molecule has 1 aliphatic heterocycles. The summed E-state index contributed by atoms with van der Waals surface area (Å²) in [6.07, 6.45) is 1.24. The van der Waals surface area contributed by atoms with Crippen LogP contribution in [0.2, 0.25) is 0 Å². The Morgan fingerprint density at radius 2 is 2.17 bits per heavy atom. The van der Waals surface area contributed by atoms with Gasteiger partial charge in [-0.3, -0.25) is 9.59 Å². The lowest BCUT2D eigenvalue weighted by atomic mass is 9.91. The monoisotopic (exact) mass is 333 g/mol. The first-order chi connectivity index (χ1) is 11.4. The van der Waals surface area contributed by atoms with Crippen LogP contribution in [-0.4, -0.2) is 53.6 Å². The second-order valence-corrected chi connectivity index (χ2v) is 6.51. The van der Waals surface area contributed by atoms with Gasteiger partial charge in [0.1, 0.15) is 0 Å². The lowest BCUT2D eigenvalue weighted by Crippen LogP contribution is -2.58. The molecule has 0 spiro atoms. The van der Waals surface area contributed by atoms with E-state index in [1.54, 1.807) is 4.90 Å². The Hall–Kier alpha value is -1.92. The SMILES string of the molecule is CC(=O)NCCNC[C@@]1(O)CCCN(Cc2cccc(C)c2)C1=O. The van der Waals surface area contributed by atoms with Gasteiger partial charge in [-0.25, -0.2) is 0 Å². The van der Waals surface area contributed by atoms with E-state index in [1.165, 1.54) is 6.92 Å². The third-order valence-corrected chi connectivity index (χ3v) is 4.25. The van der Waals surface area contributed by atoms with Crippen LogP contribution in [0.4, 0.5) is 0 Å². The predicted molar refractivity (Wildman–Crippen MR) is 92.3 cm³/mol. The minimum absolute atomic E-state index is 0.0893. The zero-order valence-corrected chi connectivity index (χ0v) is 14.5. The van der Waals surface area contributed by atoms with Gasteiger partial charge in [-0.2, -0.15) is 0 Å². The maximum Gasteiger partial charge on any atom is 0.256 e. The number of rotatable bonds is 7. The summed E-state index contributed by atoms with van der Waals surface area (Å²) in [4.78, 5) is 25.2. The van der Waals surface area contributed by atoms with Gasteiger partial charge >= 0.3 is 0 Å². The van der Waals surface area contributed by atoms with Gasteiger partial charge in [0.15, 0.2) is 5.60 Å². The highest BCUT2D eigenvalue weighted by molar-refractivity contribution is 5.86. The topological polar surface area (TPSA) is 81.7 Å². The summed E-state index contributed by atoms with van der Waals surface area (Å²) in [5.41, 5.74) is 0.872. The van der Waals surface area contributed by atoms with Crippen molar-refractivity contribution in [1.82, 2.24) is 15.5 Å². The smallest absolute Gasteiger partial charge is 0.256 e. The summed E-state index contributed by atoms with van der Waals surface area (Å²) in [6, 6.07) is 8.07. The molecule has 0 aromatic heterocycles. The molecule has 6 heteroatoms. The molecular formula is C18H27N3O3. The van der Waals surface area contributed by atoms with Crippen molar-refractivity contribution >= 4 is 11.8 Å². The molecule has 0 unspecified atom stereocenters. The molecule has 1 heterocycles. The maximum absolute atomic E-state index is 12.7. The van der Waals surface area contributed by atoms with Crippen LogP contribution in [0, 0.1) is 6.92 Å². The maximum atomic E-state index is 12.7. The van der Waals surface area contributed by atoms with Gasteiger partial charge in [0.2, 0.25) is 5.91 Å². The van der Waals surface area contributed by atoms with Crippen LogP contribution in [-0.2, 0) is 16.1 Å². The van der Waals surface area contributed by atoms with Gasteiger partial charge < -0.3 is 20.6 Å². The molecule has 2 amide bonds. The van der Waals surface area contributed by atoms with Crippen LogP contribution in [0.15, 0.2) is 24.3 Å². The average molecular weight is 333 g/mol. The molecule has 0 bridgehead atoms. The van der Waals surface area contributed by atoms with E-state index in [2.05, 4.69) is 16.7 Å². The molecule has 0 saturated carbocycles. The Kier molecular flexibility index (Phi) is 6.34. The summed E-state index contributed by atoms with van der Waals surface area (Å²) >= 11 is 0.